The Morgan fingerprint density at radius 3 is 2.47 bits per heavy atom. The highest BCUT2D eigenvalue weighted by Crippen LogP contribution is 2.52. The highest BCUT2D eigenvalue weighted by molar-refractivity contribution is 6.31. The highest BCUT2D eigenvalue weighted by Gasteiger charge is 2.53. The summed E-state index contributed by atoms with van der Waals surface area (Å²) in [6, 6.07) is 5.20. The van der Waals surface area contributed by atoms with Crippen LogP contribution in [0.3, 0.4) is 0 Å². The van der Waals surface area contributed by atoms with Crippen LogP contribution in [0.25, 0.3) is 0 Å². The molecule has 2 rings (SSSR count). The van der Waals surface area contributed by atoms with Gasteiger partial charge in [-0.25, -0.2) is 0 Å². The molecule has 0 heterocycles. The average molecular weight is 226 g/mol. The Labute approximate surface area is 95.1 Å². The van der Waals surface area contributed by atoms with Gasteiger partial charge in [0, 0.05) is 21.5 Å². The number of rotatable bonds is 2. The minimum atomic E-state index is -0.282. The van der Waals surface area contributed by atoms with E-state index in [-0.39, 0.29) is 16.7 Å². The third-order valence-corrected chi connectivity index (χ3v) is 3.96. The van der Waals surface area contributed by atoms with Crippen molar-refractivity contribution in [1.29, 1.82) is 0 Å². The van der Waals surface area contributed by atoms with Crippen LogP contribution in [-0.4, -0.2) is 10.6 Å². The maximum atomic E-state index is 9.88. The number of halogens is 1. The first-order valence-electron chi connectivity index (χ1n) is 5.15. The van der Waals surface area contributed by atoms with Gasteiger partial charge in [0.2, 0.25) is 0 Å². The molecule has 1 aromatic carbocycles. The summed E-state index contributed by atoms with van der Waals surface area (Å²) in [4.78, 5) is 0. The maximum absolute atomic E-state index is 9.88. The molecule has 82 valence electrons. The molecule has 15 heavy (non-hydrogen) atoms. The van der Waals surface area contributed by atoms with Gasteiger partial charge in [0.1, 0.15) is 5.75 Å². The zero-order chi connectivity index (χ0) is 11.3. The van der Waals surface area contributed by atoms with Gasteiger partial charge < -0.3 is 10.8 Å². The number of benzene rings is 1. The summed E-state index contributed by atoms with van der Waals surface area (Å²) in [6.45, 7) is 4.09. The van der Waals surface area contributed by atoms with Crippen molar-refractivity contribution in [2.45, 2.75) is 37.6 Å². The number of hydrogen-bond donors (Lipinski definition) is 2. The van der Waals surface area contributed by atoms with Crippen molar-refractivity contribution in [3.05, 3.63) is 28.8 Å². The molecule has 0 atom stereocenters. The Hall–Kier alpha value is -0.730. The monoisotopic (exact) mass is 225 g/mol. The normalized spacial score (nSPS) is 18.9. The summed E-state index contributed by atoms with van der Waals surface area (Å²) in [5.74, 6) is 0.240. The first-order valence-corrected chi connectivity index (χ1v) is 5.53. The van der Waals surface area contributed by atoms with E-state index in [4.69, 9.17) is 17.3 Å². The smallest absolute Gasteiger partial charge is 0.120 e. The average Bonchev–Trinajstić information content (AvgIpc) is 2.84. The molecular formula is C12H16ClNO. The number of nitrogens with two attached hydrogens (primary N) is 1. The molecule has 0 spiro atoms. The maximum Gasteiger partial charge on any atom is 0.120 e. The van der Waals surface area contributed by atoms with Crippen molar-refractivity contribution in [1.82, 2.24) is 0 Å². The van der Waals surface area contributed by atoms with Crippen molar-refractivity contribution >= 4 is 11.6 Å². The molecule has 0 amide bonds. The molecule has 3 heteroatoms. The molecule has 1 aliphatic rings. The highest BCUT2D eigenvalue weighted by atomic mass is 35.5. The lowest BCUT2D eigenvalue weighted by Gasteiger charge is -2.33. The van der Waals surface area contributed by atoms with E-state index in [1.54, 1.807) is 18.2 Å². The molecule has 2 nitrogen and oxygen atoms in total. The second-order valence-corrected chi connectivity index (χ2v) is 5.32. The number of hydrogen-bond acceptors (Lipinski definition) is 2. The molecule has 3 N–H and O–H groups in total. The first-order chi connectivity index (χ1) is 6.88. The van der Waals surface area contributed by atoms with E-state index < -0.39 is 0 Å². The predicted octanol–water partition coefficient (Wildman–Crippen LogP) is 2.81. The van der Waals surface area contributed by atoms with Crippen LogP contribution < -0.4 is 5.73 Å². The van der Waals surface area contributed by atoms with Crippen LogP contribution >= 0.6 is 11.6 Å². The Kier molecular flexibility index (Phi) is 2.25. The van der Waals surface area contributed by atoms with Crippen molar-refractivity contribution in [2.24, 2.45) is 5.73 Å². The van der Waals surface area contributed by atoms with Gasteiger partial charge in [-0.2, -0.15) is 0 Å². The van der Waals surface area contributed by atoms with E-state index in [1.807, 2.05) is 13.8 Å². The fourth-order valence-electron chi connectivity index (χ4n) is 2.14. The largest absolute Gasteiger partial charge is 0.508 e. The van der Waals surface area contributed by atoms with Crippen molar-refractivity contribution < 1.29 is 5.11 Å². The van der Waals surface area contributed by atoms with Crippen LogP contribution in [0, 0.1) is 0 Å². The van der Waals surface area contributed by atoms with Gasteiger partial charge >= 0.3 is 0 Å². The molecule has 0 bridgehead atoms. The molecular weight excluding hydrogens is 210 g/mol. The third kappa shape index (κ3) is 1.52. The quantitative estimate of drug-likeness (QED) is 0.813. The summed E-state index contributed by atoms with van der Waals surface area (Å²) < 4.78 is 0. The van der Waals surface area contributed by atoms with Gasteiger partial charge in [0.25, 0.3) is 0 Å². The Balaban J connectivity index is 2.53. The fourth-order valence-corrected chi connectivity index (χ4v) is 2.55. The zero-order valence-corrected chi connectivity index (χ0v) is 9.80. The van der Waals surface area contributed by atoms with Crippen molar-refractivity contribution in [3.63, 3.8) is 0 Å². The summed E-state index contributed by atoms with van der Waals surface area (Å²) in [7, 11) is 0. The lowest BCUT2D eigenvalue weighted by atomic mass is 9.75. The first kappa shape index (κ1) is 10.8. The third-order valence-electron chi connectivity index (χ3n) is 3.65. The van der Waals surface area contributed by atoms with Gasteiger partial charge in [0.05, 0.1) is 0 Å². The molecule has 1 aliphatic carbocycles. The van der Waals surface area contributed by atoms with Crippen LogP contribution in [0.4, 0.5) is 0 Å². The Morgan fingerprint density at radius 1 is 1.40 bits per heavy atom. The minimum Gasteiger partial charge on any atom is -0.508 e. The summed E-state index contributed by atoms with van der Waals surface area (Å²) >= 11 is 6.13. The summed E-state index contributed by atoms with van der Waals surface area (Å²) in [5, 5.41) is 10.5. The Bertz CT molecular complexity index is 376. The van der Waals surface area contributed by atoms with Crippen molar-refractivity contribution in [3.8, 4) is 5.75 Å². The predicted molar refractivity (Wildman–Crippen MR) is 62.3 cm³/mol. The van der Waals surface area contributed by atoms with Gasteiger partial charge in [-0.1, -0.05) is 31.5 Å². The molecule has 0 radical (unpaired) electrons. The second kappa shape index (κ2) is 3.13. The number of phenolic OH excluding ortho intramolecular Hbond substituents is 1. The van der Waals surface area contributed by atoms with Crippen LogP contribution in [0.15, 0.2) is 18.2 Å². The summed E-state index contributed by atoms with van der Waals surface area (Å²) in [5.41, 5.74) is 6.50. The molecule has 1 aromatic rings. The van der Waals surface area contributed by atoms with E-state index >= 15 is 0 Å². The fraction of sp³-hybridized carbons (Fsp3) is 0.500. The van der Waals surface area contributed by atoms with E-state index in [2.05, 4.69) is 0 Å². The molecule has 0 unspecified atom stereocenters. The summed E-state index contributed by atoms with van der Waals surface area (Å²) in [6.07, 6.45) is 1.98. The molecule has 1 saturated carbocycles. The zero-order valence-electron chi connectivity index (χ0n) is 9.05. The molecule has 0 aromatic heterocycles. The number of phenols is 1. The van der Waals surface area contributed by atoms with Gasteiger partial charge in [0.15, 0.2) is 0 Å². The second-order valence-electron chi connectivity index (χ2n) is 4.92. The van der Waals surface area contributed by atoms with Gasteiger partial charge in [-0.3, -0.25) is 0 Å². The van der Waals surface area contributed by atoms with Crippen LogP contribution in [0.1, 0.15) is 32.3 Å². The van der Waals surface area contributed by atoms with E-state index in [9.17, 15) is 5.11 Å². The Morgan fingerprint density at radius 2 is 2.00 bits per heavy atom. The van der Waals surface area contributed by atoms with E-state index in [0.29, 0.717) is 5.02 Å². The lowest BCUT2D eigenvalue weighted by molar-refractivity contribution is 0.367. The lowest BCUT2D eigenvalue weighted by Crippen LogP contribution is -2.43. The van der Waals surface area contributed by atoms with Crippen LogP contribution in [-0.2, 0) is 5.41 Å². The van der Waals surface area contributed by atoms with Crippen LogP contribution in [0.5, 0.6) is 5.75 Å². The van der Waals surface area contributed by atoms with E-state index in [1.165, 1.54) is 0 Å². The topological polar surface area (TPSA) is 46.2 Å². The minimum absolute atomic E-state index is 0.213. The van der Waals surface area contributed by atoms with E-state index in [0.717, 1.165) is 18.4 Å². The SMILES string of the molecule is CC(C)(c1c(O)cccc1Cl)C1(N)CC1. The standard InChI is InChI=1S/C12H16ClNO/c1-11(2,12(14)6-7-12)10-8(13)4-3-5-9(10)15/h3-5,15H,6-7,14H2,1-2H3. The van der Waals surface area contributed by atoms with Gasteiger partial charge in [-0.15, -0.1) is 0 Å². The molecule has 0 aliphatic heterocycles. The number of aromatic hydroxyl groups is 1. The van der Waals surface area contributed by atoms with Crippen molar-refractivity contribution in [2.75, 3.05) is 0 Å². The molecule has 1 fully saturated rings. The van der Waals surface area contributed by atoms with Gasteiger partial charge in [-0.05, 0) is 25.0 Å². The molecule has 0 saturated heterocycles. The van der Waals surface area contributed by atoms with Crippen LogP contribution in [0.2, 0.25) is 5.02 Å².